The molecule has 5 nitrogen and oxygen atoms in total. The molecule has 0 amide bonds. The lowest BCUT2D eigenvalue weighted by atomic mass is 9.99. The van der Waals surface area contributed by atoms with E-state index in [1.807, 2.05) is 19.1 Å². The zero-order valence-electron chi connectivity index (χ0n) is 20.0. The molecule has 3 unspecified atom stereocenters. The molecule has 0 aromatic heterocycles. The molecule has 1 saturated heterocycles. The van der Waals surface area contributed by atoms with Gasteiger partial charge in [0, 0.05) is 23.0 Å². The topological polar surface area (TPSA) is 70.0 Å². The van der Waals surface area contributed by atoms with Crippen LogP contribution in [0.3, 0.4) is 0 Å². The molecule has 34 heavy (non-hydrogen) atoms. The van der Waals surface area contributed by atoms with E-state index in [0.717, 1.165) is 41.0 Å². The van der Waals surface area contributed by atoms with Crippen molar-refractivity contribution in [3.05, 3.63) is 68.5 Å². The van der Waals surface area contributed by atoms with Gasteiger partial charge in [0.15, 0.2) is 0 Å². The number of β-amino-alcohol motifs (C(OH)–C–C–N with tert-alkyl or cyclic N) is 1. The number of hydrogen-bond acceptors (Lipinski definition) is 4. The molecule has 2 aliphatic rings. The Hall–Kier alpha value is -1.20. The van der Waals surface area contributed by atoms with Gasteiger partial charge in [-0.1, -0.05) is 47.0 Å². The molecule has 0 spiro atoms. The molecule has 0 saturated carbocycles. The number of halogens is 2. The Bertz CT molecular complexity index is 910. The van der Waals surface area contributed by atoms with E-state index in [1.165, 1.54) is 18.4 Å². The van der Waals surface area contributed by atoms with Gasteiger partial charge in [-0.3, -0.25) is 4.79 Å². The second-order valence-corrected chi connectivity index (χ2v) is 10.2. The Labute approximate surface area is 215 Å². The first-order valence-electron chi connectivity index (χ1n) is 11.7. The number of rotatable bonds is 9. The van der Waals surface area contributed by atoms with Crippen molar-refractivity contribution in [3.63, 3.8) is 0 Å². The number of carbonyl (C=O) groups is 1. The standard InChI is InChI=1S/C18H26ClNO4.C8H10ClP/c1-13(24-12-16(21)11-20-8-2-3-9-20)17-6-5-15(19)10-14(17)4-7-18(22)23;1-6-3-2-4-7(9)8(10)5-6/h5-6,10,13,16,21H,2-4,7-9,11-12H2,1H3,(H,22,23);2,4-5H,3,10H2,1H3. The van der Waals surface area contributed by atoms with Crippen LogP contribution >= 0.6 is 32.4 Å². The van der Waals surface area contributed by atoms with E-state index in [1.54, 1.807) is 12.1 Å². The first kappa shape index (κ1) is 29.0. The number of aliphatic carboxylic acids is 1. The summed E-state index contributed by atoms with van der Waals surface area (Å²) in [4.78, 5) is 13.1. The van der Waals surface area contributed by atoms with Crippen molar-refractivity contribution in [3.8, 4) is 0 Å². The molecular weight excluding hydrogens is 492 g/mol. The fourth-order valence-electron chi connectivity index (χ4n) is 3.93. The number of hydrogen-bond donors (Lipinski definition) is 2. The normalized spacial score (nSPS) is 18.1. The van der Waals surface area contributed by atoms with Gasteiger partial charge >= 0.3 is 5.97 Å². The van der Waals surface area contributed by atoms with Gasteiger partial charge in [0.2, 0.25) is 0 Å². The summed E-state index contributed by atoms with van der Waals surface area (Å²) in [5, 5.41) is 21.5. The quantitative estimate of drug-likeness (QED) is 0.379. The molecule has 1 aliphatic carbocycles. The molecule has 1 aliphatic heterocycles. The third-order valence-corrected chi connectivity index (χ3v) is 6.98. The molecule has 2 N–H and O–H groups in total. The minimum absolute atomic E-state index is 0.0532. The van der Waals surface area contributed by atoms with Crippen LogP contribution in [-0.2, 0) is 16.0 Å². The highest BCUT2D eigenvalue weighted by Crippen LogP contribution is 2.26. The molecule has 1 aromatic rings. The largest absolute Gasteiger partial charge is 0.481 e. The van der Waals surface area contributed by atoms with Crippen molar-refractivity contribution in [1.29, 1.82) is 0 Å². The van der Waals surface area contributed by atoms with E-state index >= 15 is 0 Å². The highest BCUT2D eigenvalue weighted by Gasteiger charge is 2.18. The molecule has 188 valence electrons. The maximum Gasteiger partial charge on any atom is 0.303 e. The van der Waals surface area contributed by atoms with E-state index in [-0.39, 0.29) is 19.1 Å². The minimum Gasteiger partial charge on any atom is -0.481 e. The van der Waals surface area contributed by atoms with Gasteiger partial charge in [0.1, 0.15) is 0 Å². The second-order valence-electron chi connectivity index (χ2n) is 8.77. The summed E-state index contributed by atoms with van der Waals surface area (Å²) in [5.41, 5.74) is 3.15. The van der Waals surface area contributed by atoms with Crippen LogP contribution in [0.15, 0.2) is 52.3 Å². The average molecular weight is 528 g/mol. The molecular formula is C26H36Cl2NO4P. The first-order valence-corrected chi connectivity index (χ1v) is 13.0. The molecule has 3 rings (SSSR count). The highest BCUT2D eigenvalue weighted by atomic mass is 35.5. The number of allylic oxidation sites excluding steroid dienone is 6. The Morgan fingerprint density at radius 3 is 2.65 bits per heavy atom. The van der Waals surface area contributed by atoms with E-state index < -0.39 is 12.1 Å². The number of aryl methyl sites for hydroxylation is 1. The van der Waals surface area contributed by atoms with E-state index in [9.17, 15) is 9.90 Å². The number of benzene rings is 1. The number of ether oxygens (including phenoxy) is 1. The van der Waals surface area contributed by atoms with Gasteiger partial charge in [0.05, 0.1) is 18.8 Å². The maximum absolute atomic E-state index is 10.8. The second kappa shape index (κ2) is 15.0. The summed E-state index contributed by atoms with van der Waals surface area (Å²) in [5.74, 6) is -0.837. The van der Waals surface area contributed by atoms with Crippen LogP contribution in [0.25, 0.3) is 0 Å². The minimum atomic E-state index is -0.837. The van der Waals surface area contributed by atoms with Crippen LogP contribution in [0.4, 0.5) is 0 Å². The van der Waals surface area contributed by atoms with Crippen LogP contribution in [0, 0.1) is 0 Å². The number of carboxylic acid groups (broad SMARTS) is 1. The van der Waals surface area contributed by atoms with Gasteiger partial charge in [-0.25, -0.2) is 0 Å². The van der Waals surface area contributed by atoms with Crippen molar-refractivity contribution in [2.75, 3.05) is 26.2 Å². The Balaban J connectivity index is 0.000000340. The summed E-state index contributed by atoms with van der Waals surface area (Å²) < 4.78 is 5.82. The molecule has 0 radical (unpaired) electrons. The number of carboxylic acids is 1. The van der Waals surface area contributed by atoms with E-state index in [0.29, 0.717) is 18.0 Å². The summed E-state index contributed by atoms with van der Waals surface area (Å²) >= 11 is 11.9. The molecule has 0 bridgehead atoms. The first-order chi connectivity index (χ1) is 16.2. The summed E-state index contributed by atoms with van der Waals surface area (Å²) in [7, 11) is 2.62. The summed E-state index contributed by atoms with van der Waals surface area (Å²) in [6.07, 6.45) is 9.24. The lowest BCUT2D eigenvalue weighted by molar-refractivity contribution is -0.136. The van der Waals surface area contributed by atoms with Crippen molar-refractivity contribution >= 4 is 38.4 Å². The molecule has 8 heteroatoms. The Morgan fingerprint density at radius 1 is 1.26 bits per heavy atom. The molecule has 1 heterocycles. The average Bonchev–Trinajstić information content (AvgIpc) is 3.24. The lowest BCUT2D eigenvalue weighted by Gasteiger charge is -2.22. The van der Waals surface area contributed by atoms with Gasteiger partial charge in [-0.05, 0) is 87.3 Å². The van der Waals surface area contributed by atoms with E-state index in [4.69, 9.17) is 33.0 Å². The maximum atomic E-state index is 10.8. The predicted molar refractivity (Wildman–Crippen MR) is 144 cm³/mol. The predicted octanol–water partition coefficient (Wildman–Crippen LogP) is 6.11. The monoisotopic (exact) mass is 527 g/mol. The number of likely N-dealkylation sites (tertiary alicyclic amines) is 1. The fraction of sp³-hybridized carbons (Fsp3) is 0.500. The van der Waals surface area contributed by atoms with Crippen LogP contribution in [0.2, 0.25) is 5.02 Å². The third-order valence-electron chi connectivity index (χ3n) is 5.74. The van der Waals surface area contributed by atoms with Crippen LogP contribution in [0.1, 0.15) is 56.8 Å². The van der Waals surface area contributed by atoms with Gasteiger partial charge in [0.25, 0.3) is 0 Å². The summed E-state index contributed by atoms with van der Waals surface area (Å²) in [6, 6.07) is 5.44. The zero-order valence-corrected chi connectivity index (χ0v) is 22.6. The smallest absolute Gasteiger partial charge is 0.303 e. The van der Waals surface area contributed by atoms with Crippen molar-refractivity contribution in [2.45, 2.75) is 58.2 Å². The number of aliphatic hydroxyl groups is 1. The van der Waals surface area contributed by atoms with Crippen LogP contribution in [-0.4, -0.2) is 53.4 Å². The van der Waals surface area contributed by atoms with E-state index in [2.05, 4.69) is 33.2 Å². The van der Waals surface area contributed by atoms with Crippen LogP contribution in [0.5, 0.6) is 0 Å². The summed E-state index contributed by atoms with van der Waals surface area (Å²) in [6.45, 7) is 7.00. The SMILES string of the molecule is CC(OCC(O)CN1CCCC1)c1ccc(Cl)cc1CCC(=O)O.CC1=CC(P)=C(Cl)C=CC1. The van der Waals surface area contributed by atoms with Gasteiger partial charge in [-0.15, -0.1) is 9.24 Å². The molecule has 1 fully saturated rings. The van der Waals surface area contributed by atoms with Gasteiger partial charge < -0.3 is 19.8 Å². The Kier molecular flexibility index (Phi) is 12.8. The van der Waals surface area contributed by atoms with Crippen molar-refractivity contribution < 1.29 is 19.7 Å². The lowest BCUT2D eigenvalue weighted by Crippen LogP contribution is -2.33. The number of nitrogens with zero attached hydrogens (tertiary/aromatic N) is 1. The van der Waals surface area contributed by atoms with Crippen molar-refractivity contribution in [2.24, 2.45) is 0 Å². The third kappa shape index (κ3) is 10.6. The number of aliphatic hydroxyl groups excluding tert-OH is 1. The molecule has 3 atom stereocenters. The zero-order chi connectivity index (χ0) is 25.1. The highest BCUT2D eigenvalue weighted by molar-refractivity contribution is 7.23. The molecule has 1 aromatic carbocycles. The van der Waals surface area contributed by atoms with Crippen molar-refractivity contribution in [1.82, 2.24) is 4.90 Å². The fourth-order valence-corrected chi connectivity index (χ4v) is 4.65. The van der Waals surface area contributed by atoms with Gasteiger partial charge in [-0.2, -0.15) is 0 Å². The van der Waals surface area contributed by atoms with Crippen LogP contribution < -0.4 is 0 Å². The Morgan fingerprint density at radius 2 is 1.97 bits per heavy atom.